The van der Waals surface area contributed by atoms with Gasteiger partial charge in [0, 0.05) is 0 Å². The fourth-order valence-electron chi connectivity index (χ4n) is 2.54. The Morgan fingerprint density at radius 3 is 2.27 bits per heavy atom. The number of carbonyl (C=O) groups is 1. The van der Waals surface area contributed by atoms with Gasteiger partial charge in [0.1, 0.15) is 12.4 Å². The predicted molar refractivity (Wildman–Crippen MR) is 93.6 cm³/mol. The van der Waals surface area contributed by atoms with Gasteiger partial charge in [-0.05, 0) is 29.8 Å². The van der Waals surface area contributed by atoms with Crippen LogP contribution in [0.2, 0.25) is 0 Å². The van der Waals surface area contributed by atoms with E-state index in [-0.39, 0.29) is 29.2 Å². The van der Waals surface area contributed by atoms with E-state index < -0.39 is 17.4 Å². The van der Waals surface area contributed by atoms with Crippen molar-refractivity contribution in [2.24, 2.45) is 0 Å². The topological polar surface area (TPSA) is 35.5 Å². The third-order valence-electron chi connectivity index (χ3n) is 3.87. The molecule has 0 aliphatic carbocycles. The van der Waals surface area contributed by atoms with Gasteiger partial charge >= 0.3 is 0 Å². The number of methoxy groups -OCH3 is 1. The first-order valence-electron chi connectivity index (χ1n) is 7.94. The monoisotopic (exact) mass is 354 g/mol. The van der Waals surface area contributed by atoms with Crippen molar-refractivity contribution in [1.82, 2.24) is 0 Å². The van der Waals surface area contributed by atoms with Crippen molar-refractivity contribution >= 4 is 5.78 Å². The average Bonchev–Trinajstić information content (AvgIpc) is 2.67. The number of rotatable bonds is 6. The molecular formula is C21H16F2O3. The molecule has 0 radical (unpaired) electrons. The standard InChI is InChI=1S/C21H16F2O3/c1-25-21-18(26-13-14-7-3-2-4-8-14)12-11-16(19(21)23)20(24)15-9-5-6-10-17(15)22/h2-12H,13H2,1H3. The van der Waals surface area contributed by atoms with Crippen LogP contribution in [0.5, 0.6) is 11.5 Å². The van der Waals surface area contributed by atoms with E-state index in [1.807, 2.05) is 30.3 Å². The maximum atomic E-state index is 14.8. The Labute approximate surface area is 149 Å². The van der Waals surface area contributed by atoms with Gasteiger partial charge in [0.2, 0.25) is 0 Å². The fourth-order valence-corrected chi connectivity index (χ4v) is 2.54. The average molecular weight is 354 g/mol. The van der Waals surface area contributed by atoms with Gasteiger partial charge in [0.15, 0.2) is 23.1 Å². The lowest BCUT2D eigenvalue weighted by atomic mass is 10.0. The van der Waals surface area contributed by atoms with E-state index in [1.54, 1.807) is 0 Å². The Morgan fingerprint density at radius 1 is 0.885 bits per heavy atom. The van der Waals surface area contributed by atoms with Crippen LogP contribution in [0, 0.1) is 11.6 Å². The second-order valence-electron chi connectivity index (χ2n) is 5.54. The van der Waals surface area contributed by atoms with Crippen molar-refractivity contribution in [2.45, 2.75) is 6.61 Å². The summed E-state index contributed by atoms with van der Waals surface area (Å²) in [4.78, 5) is 12.5. The number of hydrogen-bond donors (Lipinski definition) is 0. The Morgan fingerprint density at radius 2 is 1.58 bits per heavy atom. The van der Waals surface area contributed by atoms with Gasteiger partial charge in [-0.25, -0.2) is 8.78 Å². The first-order chi connectivity index (χ1) is 12.6. The summed E-state index contributed by atoms with van der Waals surface area (Å²) in [5.74, 6) is -2.37. The molecule has 3 aromatic rings. The van der Waals surface area contributed by atoms with Crippen LogP contribution in [0.3, 0.4) is 0 Å². The summed E-state index contributed by atoms with van der Waals surface area (Å²) < 4.78 is 39.3. The van der Waals surface area contributed by atoms with E-state index in [2.05, 4.69) is 0 Å². The quantitative estimate of drug-likeness (QED) is 0.598. The van der Waals surface area contributed by atoms with E-state index in [4.69, 9.17) is 9.47 Å². The zero-order chi connectivity index (χ0) is 18.5. The van der Waals surface area contributed by atoms with Gasteiger partial charge in [0.05, 0.1) is 18.2 Å². The van der Waals surface area contributed by atoms with Crippen LogP contribution in [-0.2, 0) is 6.61 Å². The Balaban J connectivity index is 1.90. The first-order valence-corrected chi connectivity index (χ1v) is 7.94. The summed E-state index contributed by atoms with van der Waals surface area (Å²) >= 11 is 0. The lowest BCUT2D eigenvalue weighted by Gasteiger charge is -2.13. The molecule has 0 heterocycles. The van der Waals surface area contributed by atoms with Crippen LogP contribution in [-0.4, -0.2) is 12.9 Å². The van der Waals surface area contributed by atoms with Gasteiger partial charge in [-0.1, -0.05) is 42.5 Å². The van der Waals surface area contributed by atoms with Crippen molar-refractivity contribution in [1.29, 1.82) is 0 Å². The lowest BCUT2D eigenvalue weighted by molar-refractivity contribution is 0.103. The molecule has 0 atom stereocenters. The van der Waals surface area contributed by atoms with E-state index in [1.165, 1.54) is 37.4 Å². The molecule has 26 heavy (non-hydrogen) atoms. The number of carbonyl (C=O) groups excluding carboxylic acids is 1. The van der Waals surface area contributed by atoms with Crippen molar-refractivity contribution in [3.05, 3.63) is 95.1 Å². The Kier molecular flexibility index (Phi) is 5.27. The van der Waals surface area contributed by atoms with Crippen LogP contribution in [0.25, 0.3) is 0 Å². The highest BCUT2D eigenvalue weighted by atomic mass is 19.1. The minimum absolute atomic E-state index is 0.166. The Bertz CT molecular complexity index is 924. The molecule has 0 amide bonds. The highest BCUT2D eigenvalue weighted by molar-refractivity contribution is 6.09. The largest absolute Gasteiger partial charge is 0.490 e. The molecule has 0 aliphatic heterocycles. The third kappa shape index (κ3) is 3.57. The van der Waals surface area contributed by atoms with Gasteiger partial charge < -0.3 is 9.47 Å². The highest BCUT2D eigenvalue weighted by Crippen LogP contribution is 2.34. The maximum Gasteiger partial charge on any atom is 0.199 e. The molecule has 132 valence electrons. The molecule has 0 N–H and O–H groups in total. The number of ether oxygens (including phenoxy) is 2. The molecule has 3 rings (SSSR count). The van der Waals surface area contributed by atoms with Gasteiger partial charge in [-0.3, -0.25) is 4.79 Å². The summed E-state index contributed by atoms with van der Waals surface area (Å²) in [6, 6.07) is 17.5. The zero-order valence-electron chi connectivity index (χ0n) is 14.0. The molecule has 0 bridgehead atoms. The summed E-state index contributed by atoms with van der Waals surface area (Å²) in [6.45, 7) is 0.219. The zero-order valence-corrected chi connectivity index (χ0v) is 14.0. The Hall–Kier alpha value is -3.21. The minimum atomic E-state index is -0.883. The SMILES string of the molecule is COc1c(OCc2ccccc2)ccc(C(=O)c2ccccc2F)c1F. The van der Waals surface area contributed by atoms with E-state index in [0.717, 1.165) is 11.6 Å². The molecule has 0 aliphatic rings. The van der Waals surface area contributed by atoms with E-state index in [9.17, 15) is 13.6 Å². The summed E-state index contributed by atoms with van der Waals surface area (Å²) in [7, 11) is 1.28. The first kappa shape index (κ1) is 17.6. The van der Waals surface area contributed by atoms with Crippen molar-refractivity contribution in [3.8, 4) is 11.5 Å². The van der Waals surface area contributed by atoms with Gasteiger partial charge in [-0.15, -0.1) is 0 Å². The van der Waals surface area contributed by atoms with Crippen LogP contribution < -0.4 is 9.47 Å². The van der Waals surface area contributed by atoms with Crippen molar-refractivity contribution in [3.63, 3.8) is 0 Å². The molecule has 5 heteroatoms. The molecule has 3 nitrogen and oxygen atoms in total. The smallest absolute Gasteiger partial charge is 0.199 e. The normalized spacial score (nSPS) is 10.4. The van der Waals surface area contributed by atoms with E-state index >= 15 is 0 Å². The molecule has 0 unspecified atom stereocenters. The summed E-state index contributed by atoms with van der Waals surface area (Å²) in [6.07, 6.45) is 0. The molecule has 0 saturated carbocycles. The molecule has 0 fully saturated rings. The summed E-state index contributed by atoms with van der Waals surface area (Å²) in [5.41, 5.74) is 0.423. The van der Waals surface area contributed by atoms with Crippen LogP contribution in [0.15, 0.2) is 66.7 Å². The maximum absolute atomic E-state index is 14.8. The molecule has 3 aromatic carbocycles. The van der Waals surface area contributed by atoms with Gasteiger partial charge in [0.25, 0.3) is 0 Å². The molecular weight excluding hydrogens is 338 g/mol. The van der Waals surface area contributed by atoms with E-state index in [0.29, 0.717) is 0 Å². The van der Waals surface area contributed by atoms with Gasteiger partial charge in [-0.2, -0.15) is 0 Å². The van der Waals surface area contributed by atoms with Crippen LogP contribution >= 0.6 is 0 Å². The third-order valence-corrected chi connectivity index (χ3v) is 3.87. The second-order valence-corrected chi connectivity index (χ2v) is 5.54. The van der Waals surface area contributed by atoms with Crippen molar-refractivity contribution < 1.29 is 23.0 Å². The highest BCUT2D eigenvalue weighted by Gasteiger charge is 2.23. The second kappa shape index (κ2) is 7.78. The number of halogens is 2. The van der Waals surface area contributed by atoms with Crippen LogP contribution in [0.1, 0.15) is 21.5 Å². The lowest BCUT2D eigenvalue weighted by Crippen LogP contribution is -2.09. The van der Waals surface area contributed by atoms with Crippen LogP contribution in [0.4, 0.5) is 8.78 Å². The number of hydrogen-bond acceptors (Lipinski definition) is 3. The molecule has 0 saturated heterocycles. The number of benzene rings is 3. The van der Waals surface area contributed by atoms with Crippen molar-refractivity contribution in [2.75, 3.05) is 7.11 Å². The summed E-state index contributed by atoms with van der Waals surface area (Å²) in [5, 5.41) is 0. The fraction of sp³-hybridized carbons (Fsp3) is 0.0952. The molecule has 0 spiro atoms. The predicted octanol–water partition coefficient (Wildman–Crippen LogP) is 4.78. The number of ketones is 1. The minimum Gasteiger partial charge on any atom is -0.490 e. The molecule has 0 aromatic heterocycles.